The number of nitrogen functional groups attached to an aromatic ring is 1. The zero-order chi connectivity index (χ0) is 16.1. The summed E-state index contributed by atoms with van der Waals surface area (Å²) in [6.07, 6.45) is 0. The van der Waals surface area contributed by atoms with Gasteiger partial charge in [-0.15, -0.1) is 0 Å². The van der Waals surface area contributed by atoms with Crippen LogP contribution in [0.4, 0.5) is 4.79 Å². The van der Waals surface area contributed by atoms with Gasteiger partial charge in [0, 0.05) is 26.7 Å². The maximum atomic E-state index is 12.8. The van der Waals surface area contributed by atoms with Crippen molar-refractivity contribution in [1.29, 1.82) is 0 Å². The number of nitrogens with one attached hydrogen (secondary N) is 2. The Labute approximate surface area is 134 Å². The molecular weight excluding hydrogens is 316 g/mol. The Hall–Kier alpha value is -2.83. The molecule has 0 saturated carbocycles. The lowest BCUT2D eigenvalue weighted by Gasteiger charge is -2.08. The zero-order valence-electron chi connectivity index (χ0n) is 11.8. The quantitative estimate of drug-likeness (QED) is 0.263. The van der Waals surface area contributed by atoms with Gasteiger partial charge in [-0.3, -0.25) is 10.2 Å². The Morgan fingerprint density at radius 2 is 1.87 bits per heavy atom. The van der Waals surface area contributed by atoms with Crippen LogP contribution in [-0.4, -0.2) is 15.6 Å². The number of nitrogens with two attached hydrogens (primary N) is 1. The van der Waals surface area contributed by atoms with Gasteiger partial charge in [0.25, 0.3) is 5.56 Å². The van der Waals surface area contributed by atoms with Crippen molar-refractivity contribution in [1.82, 2.24) is 15.0 Å². The van der Waals surface area contributed by atoms with Gasteiger partial charge < -0.3 is 4.98 Å². The van der Waals surface area contributed by atoms with Crippen LogP contribution in [-0.2, 0) is 0 Å². The van der Waals surface area contributed by atoms with Crippen LogP contribution in [0.2, 0.25) is 5.02 Å². The number of hydrogen-bond donors (Lipinski definition) is 3. The molecule has 0 fully saturated rings. The number of carbonyl (C=O) groups excluding carboxylic acids is 1. The van der Waals surface area contributed by atoms with Crippen molar-refractivity contribution in [2.24, 2.45) is 5.84 Å². The molecule has 0 bridgehead atoms. The topological polar surface area (TPSA) is 92.9 Å². The molecule has 0 atom stereocenters. The van der Waals surface area contributed by atoms with E-state index in [0.717, 1.165) is 15.5 Å². The van der Waals surface area contributed by atoms with Gasteiger partial charge in [-0.1, -0.05) is 29.8 Å². The minimum absolute atomic E-state index is 0.432. The summed E-state index contributed by atoms with van der Waals surface area (Å²) >= 11 is 6.07. The predicted molar refractivity (Wildman–Crippen MR) is 90.7 cm³/mol. The summed E-state index contributed by atoms with van der Waals surface area (Å²) in [6, 6.07) is 11.7. The molecule has 0 aliphatic rings. The third-order valence-electron chi connectivity index (χ3n) is 3.91. The van der Waals surface area contributed by atoms with Gasteiger partial charge in [-0.05, 0) is 24.3 Å². The molecule has 4 rings (SSSR count). The summed E-state index contributed by atoms with van der Waals surface area (Å²) in [6.45, 7) is 0. The molecule has 0 aliphatic carbocycles. The smallest absolute Gasteiger partial charge is 0.343 e. The van der Waals surface area contributed by atoms with Gasteiger partial charge in [-0.25, -0.2) is 15.2 Å². The van der Waals surface area contributed by atoms with E-state index in [0.29, 0.717) is 26.8 Å². The Morgan fingerprint density at radius 1 is 1.13 bits per heavy atom. The fourth-order valence-corrected chi connectivity index (χ4v) is 3.12. The number of benzene rings is 2. The number of hydrogen-bond acceptors (Lipinski definition) is 3. The summed E-state index contributed by atoms with van der Waals surface area (Å²) < 4.78 is 1.03. The van der Waals surface area contributed by atoms with E-state index in [9.17, 15) is 9.59 Å². The van der Waals surface area contributed by atoms with Gasteiger partial charge in [0.1, 0.15) is 0 Å². The lowest BCUT2D eigenvalue weighted by molar-refractivity contribution is 0.243. The average molecular weight is 327 g/mol. The molecule has 0 saturated heterocycles. The molecule has 4 N–H and O–H groups in total. The maximum absolute atomic E-state index is 12.8. The van der Waals surface area contributed by atoms with Gasteiger partial charge in [0.2, 0.25) is 0 Å². The normalized spacial score (nSPS) is 11.4. The second-order valence-electron chi connectivity index (χ2n) is 5.17. The van der Waals surface area contributed by atoms with Crippen molar-refractivity contribution in [3.8, 4) is 0 Å². The highest BCUT2D eigenvalue weighted by molar-refractivity contribution is 6.32. The van der Waals surface area contributed by atoms with Crippen molar-refractivity contribution in [3.05, 3.63) is 57.8 Å². The zero-order valence-corrected chi connectivity index (χ0v) is 12.5. The molecule has 6 nitrogen and oxygen atoms in total. The molecule has 0 unspecified atom stereocenters. The van der Waals surface area contributed by atoms with E-state index in [1.807, 2.05) is 23.6 Å². The van der Waals surface area contributed by atoms with Crippen LogP contribution in [0.25, 0.3) is 32.7 Å². The third kappa shape index (κ3) is 1.86. The Kier molecular flexibility index (Phi) is 2.90. The van der Waals surface area contributed by atoms with Gasteiger partial charge in [0.15, 0.2) is 0 Å². The summed E-state index contributed by atoms with van der Waals surface area (Å²) in [5.74, 6) is 5.26. The number of nitrogens with zero attached hydrogens (tertiary/aromatic N) is 1. The van der Waals surface area contributed by atoms with Gasteiger partial charge in [0.05, 0.1) is 11.0 Å². The highest BCUT2D eigenvalue weighted by Crippen LogP contribution is 2.31. The van der Waals surface area contributed by atoms with Crippen LogP contribution >= 0.6 is 11.6 Å². The van der Waals surface area contributed by atoms with Crippen molar-refractivity contribution in [2.75, 3.05) is 0 Å². The van der Waals surface area contributed by atoms with Gasteiger partial charge in [-0.2, -0.15) is 0 Å². The van der Waals surface area contributed by atoms with Crippen LogP contribution in [0.3, 0.4) is 0 Å². The molecule has 0 aliphatic heterocycles. The summed E-state index contributed by atoms with van der Waals surface area (Å²) in [5, 5.41) is 2.36. The molecule has 1 amide bonds. The van der Waals surface area contributed by atoms with Gasteiger partial charge >= 0.3 is 6.03 Å². The minimum atomic E-state index is -0.702. The van der Waals surface area contributed by atoms with E-state index in [2.05, 4.69) is 4.98 Å². The van der Waals surface area contributed by atoms with Crippen LogP contribution in [0.1, 0.15) is 0 Å². The van der Waals surface area contributed by atoms with E-state index in [1.54, 1.807) is 24.3 Å². The van der Waals surface area contributed by atoms with Crippen molar-refractivity contribution in [2.45, 2.75) is 0 Å². The predicted octanol–water partition coefficient (Wildman–Crippen LogP) is 2.72. The molecule has 23 heavy (non-hydrogen) atoms. The van der Waals surface area contributed by atoms with Crippen LogP contribution < -0.4 is 16.8 Å². The van der Waals surface area contributed by atoms with E-state index in [-0.39, 0.29) is 0 Å². The number of carbonyl (C=O) groups is 1. The van der Waals surface area contributed by atoms with Crippen LogP contribution in [0, 0.1) is 0 Å². The number of H-pyrrole nitrogens is 1. The number of halogens is 1. The number of hydrazine groups is 1. The molecule has 4 aromatic rings. The summed E-state index contributed by atoms with van der Waals surface area (Å²) in [5.41, 5.74) is 3.50. The number of rotatable bonds is 0. The largest absolute Gasteiger partial charge is 0.353 e. The number of fused-ring (bicyclic) bond motifs is 5. The highest BCUT2D eigenvalue weighted by Gasteiger charge is 2.19. The molecular formula is C16H11ClN4O2. The average Bonchev–Trinajstić information content (AvgIpc) is 2.93. The first-order valence-corrected chi connectivity index (χ1v) is 7.25. The van der Waals surface area contributed by atoms with Crippen molar-refractivity contribution >= 4 is 50.3 Å². The fourth-order valence-electron chi connectivity index (χ4n) is 2.95. The first-order valence-electron chi connectivity index (χ1n) is 6.87. The Balaban J connectivity index is 2.38. The number of pyridine rings is 1. The lowest BCUT2D eigenvalue weighted by Crippen LogP contribution is -2.40. The second-order valence-corrected chi connectivity index (χ2v) is 5.61. The standard InChI is InChI=1S/C16H11ClN4O2/c17-8-5-6-12-11(7-8)14-13(19-12)9-3-1-2-4-10(9)15(22)21(14)16(23)20-18/h1-7,19H,18H2,(H,20,23). The third-order valence-corrected chi connectivity index (χ3v) is 4.15. The first-order chi connectivity index (χ1) is 11.1. The summed E-state index contributed by atoms with van der Waals surface area (Å²) in [4.78, 5) is 28.2. The van der Waals surface area contributed by atoms with E-state index in [4.69, 9.17) is 17.4 Å². The Morgan fingerprint density at radius 3 is 2.61 bits per heavy atom. The molecule has 7 heteroatoms. The molecule has 2 aromatic heterocycles. The fraction of sp³-hybridized carbons (Fsp3) is 0. The number of aromatic nitrogens is 2. The second kappa shape index (κ2) is 4.84. The van der Waals surface area contributed by atoms with E-state index in [1.165, 1.54) is 0 Å². The molecule has 2 heterocycles. The van der Waals surface area contributed by atoms with E-state index >= 15 is 0 Å². The first kappa shape index (κ1) is 13.8. The van der Waals surface area contributed by atoms with Crippen molar-refractivity contribution in [3.63, 3.8) is 0 Å². The summed E-state index contributed by atoms with van der Waals surface area (Å²) in [7, 11) is 0. The van der Waals surface area contributed by atoms with E-state index < -0.39 is 11.6 Å². The molecule has 2 aromatic carbocycles. The number of amides is 1. The number of aromatic amines is 1. The maximum Gasteiger partial charge on any atom is 0.343 e. The molecule has 114 valence electrons. The minimum Gasteiger partial charge on any atom is -0.353 e. The Bertz CT molecular complexity index is 1160. The monoisotopic (exact) mass is 326 g/mol. The van der Waals surface area contributed by atoms with Crippen LogP contribution in [0.5, 0.6) is 0 Å². The van der Waals surface area contributed by atoms with Crippen LogP contribution in [0.15, 0.2) is 47.3 Å². The van der Waals surface area contributed by atoms with Crippen molar-refractivity contribution < 1.29 is 4.79 Å². The molecule has 0 radical (unpaired) electrons. The molecule has 0 spiro atoms. The lowest BCUT2D eigenvalue weighted by atomic mass is 10.1. The highest BCUT2D eigenvalue weighted by atomic mass is 35.5. The SMILES string of the molecule is NNC(=O)n1c(=O)c2ccccc2c2[nH]c3ccc(Cl)cc3c21.